The average molecular weight is 605 g/mol. The van der Waals surface area contributed by atoms with Gasteiger partial charge >= 0.3 is 0 Å². The van der Waals surface area contributed by atoms with Gasteiger partial charge in [-0.3, -0.25) is 9.98 Å². The summed E-state index contributed by atoms with van der Waals surface area (Å²) >= 11 is 0. The van der Waals surface area contributed by atoms with Gasteiger partial charge in [0, 0.05) is 23.6 Å². The molecular formula is C38H56N2O4. The molecule has 6 nitrogen and oxygen atoms in total. The van der Waals surface area contributed by atoms with Crippen molar-refractivity contribution in [3.8, 4) is 23.0 Å². The first-order valence-corrected chi connectivity index (χ1v) is 16.8. The van der Waals surface area contributed by atoms with E-state index in [1.807, 2.05) is 24.3 Å². The van der Waals surface area contributed by atoms with Crippen LogP contribution in [0.2, 0.25) is 0 Å². The zero-order chi connectivity index (χ0) is 31.5. The molecule has 2 aromatic rings. The largest absolute Gasteiger partial charge is 0.507 e. The minimum atomic E-state index is 0.169. The highest BCUT2D eigenvalue weighted by atomic mass is 16.5. The number of hydrogen-bond donors (Lipinski definition) is 2. The second-order valence-corrected chi connectivity index (χ2v) is 11.3. The Morgan fingerprint density at radius 2 is 0.886 bits per heavy atom. The lowest BCUT2D eigenvalue weighted by molar-refractivity contribution is 0.303. The number of phenolic OH excluding ortho intramolecular Hbond substituents is 2. The van der Waals surface area contributed by atoms with Crippen molar-refractivity contribution in [2.45, 2.75) is 103 Å². The van der Waals surface area contributed by atoms with Gasteiger partial charge in [0.25, 0.3) is 0 Å². The number of unbranched alkanes of at least 4 members (excludes halogenated alkanes) is 14. The molecule has 2 N–H and O–H groups in total. The Balaban J connectivity index is 1.64. The molecule has 0 heterocycles. The molecule has 0 aliphatic heterocycles. The van der Waals surface area contributed by atoms with Gasteiger partial charge in [-0.1, -0.05) is 76.4 Å². The van der Waals surface area contributed by atoms with Crippen LogP contribution in [0.5, 0.6) is 23.0 Å². The van der Waals surface area contributed by atoms with E-state index < -0.39 is 0 Å². The maximum Gasteiger partial charge on any atom is 0.124 e. The summed E-state index contributed by atoms with van der Waals surface area (Å²) in [5.41, 5.74) is 1.24. The topological polar surface area (TPSA) is 83.6 Å². The second kappa shape index (κ2) is 24.9. The lowest BCUT2D eigenvalue weighted by Crippen LogP contribution is -1.98. The van der Waals surface area contributed by atoms with Gasteiger partial charge < -0.3 is 19.7 Å². The summed E-state index contributed by atoms with van der Waals surface area (Å²) < 4.78 is 11.8. The van der Waals surface area contributed by atoms with Gasteiger partial charge in [0.2, 0.25) is 0 Å². The van der Waals surface area contributed by atoms with Gasteiger partial charge in [-0.2, -0.15) is 0 Å². The maximum absolute atomic E-state index is 10.2. The fourth-order valence-electron chi connectivity index (χ4n) is 4.82. The van der Waals surface area contributed by atoms with E-state index >= 15 is 0 Å². The molecule has 0 aromatic heterocycles. The highest BCUT2D eigenvalue weighted by Gasteiger charge is 2.04. The first kappa shape index (κ1) is 36.7. The van der Waals surface area contributed by atoms with Crippen LogP contribution in [0.3, 0.4) is 0 Å². The number of aromatic hydroxyl groups is 2. The van der Waals surface area contributed by atoms with Crippen LogP contribution in [0.4, 0.5) is 0 Å². The van der Waals surface area contributed by atoms with Crippen LogP contribution in [0, 0.1) is 0 Å². The second-order valence-electron chi connectivity index (χ2n) is 11.3. The van der Waals surface area contributed by atoms with Gasteiger partial charge in [0.15, 0.2) is 0 Å². The molecule has 0 saturated carbocycles. The van der Waals surface area contributed by atoms with Crippen molar-refractivity contribution in [3.63, 3.8) is 0 Å². The molecule has 0 atom stereocenters. The normalized spacial score (nSPS) is 11.4. The number of ether oxygens (including phenoxy) is 2. The molecular weight excluding hydrogens is 548 g/mol. The highest BCUT2D eigenvalue weighted by Crippen LogP contribution is 2.23. The third-order valence-corrected chi connectivity index (χ3v) is 7.46. The first-order valence-electron chi connectivity index (χ1n) is 16.8. The standard InChI is InChI=1S/C38H56N2O4/c1-3-5-7-9-11-13-15-17-19-27-43-35-21-23-37(41)33(29-35)31-39-25-26-40-32-34-30-36(22-24-38(34)42)44-28-20-18-16-14-12-10-8-6-4-2/h3-4,21-24,29-32,41-42H,1-2,5-20,25-28H2. The molecule has 2 aromatic carbocycles. The minimum Gasteiger partial charge on any atom is -0.507 e. The number of hydrogen-bond acceptors (Lipinski definition) is 6. The summed E-state index contributed by atoms with van der Waals surface area (Å²) in [4.78, 5) is 8.82. The molecule has 0 bridgehead atoms. The predicted octanol–water partition coefficient (Wildman–Crippen LogP) is 10.0. The van der Waals surface area contributed by atoms with E-state index in [1.54, 1.807) is 36.7 Å². The van der Waals surface area contributed by atoms with E-state index in [9.17, 15) is 10.2 Å². The highest BCUT2D eigenvalue weighted by molar-refractivity contribution is 5.85. The summed E-state index contributed by atoms with van der Waals surface area (Å²) in [7, 11) is 0. The lowest BCUT2D eigenvalue weighted by Gasteiger charge is -2.08. The van der Waals surface area contributed by atoms with E-state index in [0.717, 1.165) is 37.2 Å². The van der Waals surface area contributed by atoms with E-state index in [4.69, 9.17) is 9.47 Å². The molecule has 0 spiro atoms. The Morgan fingerprint density at radius 1 is 0.523 bits per heavy atom. The average Bonchev–Trinajstić information content (AvgIpc) is 3.03. The Labute approximate surface area is 266 Å². The van der Waals surface area contributed by atoms with E-state index in [2.05, 4.69) is 23.1 Å². The van der Waals surface area contributed by atoms with Crippen LogP contribution in [-0.4, -0.2) is 48.9 Å². The molecule has 0 aliphatic carbocycles. The SMILES string of the molecule is C=CCCCCCCCCCOc1ccc(O)c(C=NCCN=Cc2cc(OCCCCCCCCCC=C)ccc2O)c1. The monoisotopic (exact) mass is 604 g/mol. The van der Waals surface area contributed by atoms with Gasteiger partial charge in [-0.15, -0.1) is 13.2 Å². The molecule has 44 heavy (non-hydrogen) atoms. The quantitative estimate of drug-likeness (QED) is 0.0604. The van der Waals surface area contributed by atoms with Crippen molar-refractivity contribution in [2.24, 2.45) is 9.98 Å². The number of phenols is 2. The predicted molar refractivity (Wildman–Crippen MR) is 186 cm³/mol. The number of aliphatic imine (C=N–C) groups is 2. The molecule has 6 heteroatoms. The minimum absolute atomic E-state index is 0.169. The molecule has 0 aliphatic rings. The van der Waals surface area contributed by atoms with Crippen LogP contribution in [-0.2, 0) is 0 Å². The summed E-state index contributed by atoms with van der Waals surface area (Å²) in [6, 6.07) is 10.5. The van der Waals surface area contributed by atoms with Gasteiger partial charge in [0.1, 0.15) is 23.0 Å². The Hall–Kier alpha value is -3.54. The first-order chi connectivity index (χ1) is 21.6. The van der Waals surface area contributed by atoms with Crippen molar-refractivity contribution in [2.75, 3.05) is 26.3 Å². The van der Waals surface area contributed by atoms with Crippen molar-refractivity contribution in [3.05, 3.63) is 72.8 Å². The van der Waals surface area contributed by atoms with Crippen molar-refractivity contribution >= 4 is 12.4 Å². The molecule has 0 unspecified atom stereocenters. The summed E-state index contributed by atoms with van der Waals surface area (Å²) in [6.45, 7) is 9.79. The van der Waals surface area contributed by atoms with Crippen LogP contribution >= 0.6 is 0 Å². The van der Waals surface area contributed by atoms with Crippen LogP contribution < -0.4 is 9.47 Å². The Bertz CT molecular complexity index is 1020. The zero-order valence-corrected chi connectivity index (χ0v) is 26.9. The van der Waals surface area contributed by atoms with E-state index in [1.165, 1.54) is 77.0 Å². The van der Waals surface area contributed by atoms with Crippen LogP contribution in [0.15, 0.2) is 71.7 Å². The van der Waals surface area contributed by atoms with Gasteiger partial charge in [-0.05, 0) is 74.9 Å². The van der Waals surface area contributed by atoms with Crippen molar-refractivity contribution in [1.29, 1.82) is 0 Å². The fraction of sp³-hybridized carbons (Fsp3) is 0.526. The van der Waals surface area contributed by atoms with E-state index in [0.29, 0.717) is 37.4 Å². The van der Waals surface area contributed by atoms with Crippen LogP contribution in [0.25, 0.3) is 0 Å². The summed E-state index contributed by atoms with van der Waals surface area (Å²) in [5.74, 6) is 1.81. The van der Waals surface area contributed by atoms with E-state index in [-0.39, 0.29) is 11.5 Å². The van der Waals surface area contributed by atoms with Crippen molar-refractivity contribution in [1.82, 2.24) is 0 Å². The molecule has 2 rings (SSSR count). The zero-order valence-electron chi connectivity index (χ0n) is 26.9. The summed E-state index contributed by atoms with van der Waals surface area (Å²) in [6.07, 6.45) is 26.6. The number of nitrogens with zero attached hydrogens (tertiary/aromatic N) is 2. The molecule has 0 fully saturated rings. The molecule has 0 amide bonds. The third-order valence-electron chi connectivity index (χ3n) is 7.46. The molecule has 242 valence electrons. The third kappa shape index (κ3) is 17.5. The van der Waals surface area contributed by atoms with Gasteiger partial charge in [0.05, 0.1) is 26.3 Å². The molecule has 0 radical (unpaired) electrons. The number of rotatable bonds is 27. The summed E-state index contributed by atoms with van der Waals surface area (Å²) in [5, 5.41) is 20.4. The maximum atomic E-state index is 10.2. The molecule has 0 saturated heterocycles. The number of benzene rings is 2. The number of allylic oxidation sites excluding steroid dienone is 2. The van der Waals surface area contributed by atoms with Gasteiger partial charge in [-0.25, -0.2) is 0 Å². The lowest BCUT2D eigenvalue weighted by atomic mass is 10.1. The van der Waals surface area contributed by atoms with Crippen LogP contribution in [0.1, 0.15) is 114 Å². The van der Waals surface area contributed by atoms with Crippen molar-refractivity contribution < 1.29 is 19.7 Å². The fourth-order valence-corrected chi connectivity index (χ4v) is 4.82. The Morgan fingerprint density at radius 3 is 1.27 bits per heavy atom. The smallest absolute Gasteiger partial charge is 0.124 e. The Kier molecular flexibility index (Phi) is 20.7.